The van der Waals surface area contributed by atoms with E-state index in [1.54, 1.807) is 0 Å². The Hall–Kier alpha value is -2.02. The van der Waals surface area contributed by atoms with E-state index in [-0.39, 0.29) is 0 Å². The minimum Gasteiger partial charge on any atom is -0.374 e. The minimum absolute atomic E-state index is 1.17. The monoisotopic (exact) mass is 263 g/mol. The molecule has 0 aromatic heterocycles. The van der Waals surface area contributed by atoms with Gasteiger partial charge < -0.3 is 4.90 Å². The van der Waals surface area contributed by atoms with Crippen molar-refractivity contribution in [3.63, 3.8) is 0 Å². The molecule has 0 radical (unpaired) electrons. The van der Waals surface area contributed by atoms with E-state index < -0.39 is 0 Å². The molecule has 0 N–H and O–H groups in total. The Balaban J connectivity index is 1.83. The zero-order chi connectivity index (χ0) is 13.9. The number of nitrogens with zero attached hydrogens (tertiary/aromatic N) is 1. The summed E-state index contributed by atoms with van der Waals surface area (Å²) in [5, 5.41) is 0. The summed E-state index contributed by atoms with van der Waals surface area (Å²) in [6.45, 7) is 3.29. The summed E-state index contributed by atoms with van der Waals surface area (Å²) in [5.41, 5.74) is 6.72. The molecule has 3 rings (SSSR count). The molecule has 0 unspecified atom stereocenters. The summed E-state index contributed by atoms with van der Waals surface area (Å²) in [5.74, 6) is 0. The fraction of sp³-hybridized carbons (Fsp3) is 0.263. The first kappa shape index (κ1) is 13.0. The SMILES string of the molecule is Cc1ccc(/C=C/c2ccc3c(c2)CCCN3C)cc1. The highest BCUT2D eigenvalue weighted by atomic mass is 15.1. The molecule has 0 bridgehead atoms. The molecule has 1 aliphatic rings. The lowest BCUT2D eigenvalue weighted by molar-refractivity contribution is 0.744. The molecule has 1 aliphatic heterocycles. The zero-order valence-electron chi connectivity index (χ0n) is 12.3. The lowest BCUT2D eigenvalue weighted by atomic mass is 9.99. The van der Waals surface area contributed by atoms with Crippen LogP contribution in [-0.4, -0.2) is 13.6 Å². The molecule has 1 heteroatoms. The third-order valence-corrected chi connectivity index (χ3v) is 4.00. The second-order valence-electron chi connectivity index (χ2n) is 5.66. The topological polar surface area (TPSA) is 3.24 Å². The summed E-state index contributed by atoms with van der Waals surface area (Å²) in [6, 6.07) is 15.4. The van der Waals surface area contributed by atoms with Crippen LogP contribution in [0.1, 0.15) is 28.7 Å². The molecule has 0 saturated heterocycles. The van der Waals surface area contributed by atoms with Crippen molar-refractivity contribution in [1.29, 1.82) is 0 Å². The molecule has 20 heavy (non-hydrogen) atoms. The van der Waals surface area contributed by atoms with Crippen LogP contribution in [-0.2, 0) is 6.42 Å². The number of aryl methyl sites for hydroxylation is 2. The van der Waals surface area contributed by atoms with Gasteiger partial charge in [0.1, 0.15) is 0 Å². The molecule has 0 atom stereocenters. The molecule has 1 heterocycles. The smallest absolute Gasteiger partial charge is 0.0396 e. The Morgan fingerprint density at radius 1 is 0.950 bits per heavy atom. The van der Waals surface area contributed by atoms with E-state index >= 15 is 0 Å². The van der Waals surface area contributed by atoms with Crippen molar-refractivity contribution in [2.45, 2.75) is 19.8 Å². The third kappa shape index (κ3) is 2.77. The van der Waals surface area contributed by atoms with Gasteiger partial charge in [-0.15, -0.1) is 0 Å². The average molecular weight is 263 g/mol. The highest BCUT2D eigenvalue weighted by Gasteiger charge is 2.12. The molecule has 102 valence electrons. The van der Waals surface area contributed by atoms with Gasteiger partial charge in [-0.2, -0.15) is 0 Å². The number of anilines is 1. The second-order valence-corrected chi connectivity index (χ2v) is 5.66. The molecular formula is C19H21N. The van der Waals surface area contributed by atoms with Crippen molar-refractivity contribution in [3.8, 4) is 0 Å². The summed E-state index contributed by atoms with van der Waals surface area (Å²) in [7, 11) is 2.18. The molecule has 0 saturated carbocycles. The minimum atomic E-state index is 1.17. The number of fused-ring (bicyclic) bond motifs is 1. The maximum absolute atomic E-state index is 2.35. The predicted octanol–water partition coefficient (Wildman–Crippen LogP) is 4.55. The first-order valence-electron chi connectivity index (χ1n) is 7.31. The van der Waals surface area contributed by atoms with Crippen LogP contribution < -0.4 is 4.90 Å². The normalized spacial score (nSPS) is 14.6. The van der Waals surface area contributed by atoms with Crippen molar-refractivity contribution in [2.75, 3.05) is 18.5 Å². The fourth-order valence-electron chi connectivity index (χ4n) is 2.78. The Bertz CT molecular complexity index is 623. The van der Waals surface area contributed by atoms with Gasteiger partial charge in [0, 0.05) is 19.3 Å². The van der Waals surface area contributed by atoms with Crippen LogP contribution in [0, 0.1) is 6.92 Å². The molecule has 0 amide bonds. The Morgan fingerprint density at radius 3 is 2.45 bits per heavy atom. The predicted molar refractivity (Wildman–Crippen MR) is 88.1 cm³/mol. The maximum atomic E-state index is 2.35. The van der Waals surface area contributed by atoms with Gasteiger partial charge >= 0.3 is 0 Å². The maximum Gasteiger partial charge on any atom is 0.0396 e. The lowest BCUT2D eigenvalue weighted by Gasteiger charge is -2.27. The van der Waals surface area contributed by atoms with Gasteiger partial charge in [-0.25, -0.2) is 0 Å². The van der Waals surface area contributed by atoms with Gasteiger partial charge in [0.15, 0.2) is 0 Å². The molecular weight excluding hydrogens is 242 g/mol. The van der Waals surface area contributed by atoms with Crippen molar-refractivity contribution >= 4 is 17.8 Å². The van der Waals surface area contributed by atoms with E-state index in [9.17, 15) is 0 Å². The van der Waals surface area contributed by atoms with E-state index in [0.29, 0.717) is 0 Å². The first-order chi connectivity index (χ1) is 9.72. The molecule has 2 aromatic carbocycles. The number of hydrogen-bond acceptors (Lipinski definition) is 1. The standard InChI is InChI=1S/C19H21N/c1-15-5-7-16(8-6-15)9-10-17-11-12-19-18(14-17)4-3-13-20(19)2/h5-12,14H,3-4,13H2,1-2H3/b10-9+. The zero-order valence-corrected chi connectivity index (χ0v) is 12.3. The summed E-state index contributed by atoms with van der Waals surface area (Å²) < 4.78 is 0. The van der Waals surface area contributed by atoms with Crippen LogP contribution in [0.3, 0.4) is 0 Å². The lowest BCUT2D eigenvalue weighted by Crippen LogP contribution is -2.24. The molecule has 0 aliphatic carbocycles. The third-order valence-electron chi connectivity index (χ3n) is 4.00. The van der Waals surface area contributed by atoms with E-state index in [2.05, 4.69) is 73.5 Å². The van der Waals surface area contributed by atoms with Gasteiger partial charge in [-0.1, -0.05) is 48.0 Å². The van der Waals surface area contributed by atoms with E-state index in [1.807, 2.05) is 0 Å². The Kier molecular flexibility index (Phi) is 3.60. The molecule has 0 spiro atoms. The summed E-state index contributed by atoms with van der Waals surface area (Å²) in [6.07, 6.45) is 6.85. The van der Waals surface area contributed by atoms with Crippen LogP contribution in [0.5, 0.6) is 0 Å². The number of rotatable bonds is 2. The Labute approximate surface area is 121 Å². The van der Waals surface area contributed by atoms with E-state index in [1.165, 1.54) is 47.3 Å². The van der Waals surface area contributed by atoms with Crippen LogP contribution in [0.2, 0.25) is 0 Å². The number of hydrogen-bond donors (Lipinski definition) is 0. The summed E-state index contributed by atoms with van der Waals surface area (Å²) >= 11 is 0. The van der Waals surface area contributed by atoms with Gasteiger partial charge in [0.05, 0.1) is 0 Å². The Morgan fingerprint density at radius 2 is 1.65 bits per heavy atom. The largest absolute Gasteiger partial charge is 0.374 e. The van der Waals surface area contributed by atoms with Gasteiger partial charge in [-0.3, -0.25) is 0 Å². The summed E-state index contributed by atoms with van der Waals surface area (Å²) in [4.78, 5) is 2.35. The van der Waals surface area contributed by atoms with Crippen molar-refractivity contribution in [3.05, 3.63) is 64.7 Å². The molecule has 0 fully saturated rings. The van der Waals surface area contributed by atoms with E-state index in [0.717, 1.165) is 0 Å². The van der Waals surface area contributed by atoms with Gasteiger partial charge in [-0.05, 0) is 48.6 Å². The molecule has 2 aromatic rings. The van der Waals surface area contributed by atoms with Crippen molar-refractivity contribution < 1.29 is 0 Å². The highest BCUT2D eigenvalue weighted by Crippen LogP contribution is 2.27. The van der Waals surface area contributed by atoms with Crippen LogP contribution in [0.4, 0.5) is 5.69 Å². The van der Waals surface area contributed by atoms with Crippen molar-refractivity contribution in [2.24, 2.45) is 0 Å². The average Bonchev–Trinajstić information content (AvgIpc) is 2.47. The van der Waals surface area contributed by atoms with Crippen molar-refractivity contribution in [1.82, 2.24) is 0 Å². The van der Waals surface area contributed by atoms with Crippen LogP contribution in [0.25, 0.3) is 12.2 Å². The molecule has 1 nitrogen and oxygen atoms in total. The number of benzene rings is 2. The van der Waals surface area contributed by atoms with Gasteiger partial charge in [0.25, 0.3) is 0 Å². The van der Waals surface area contributed by atoms with Crippen LogP contribution in [0.15, 0.2) is 42.5 Å². The fourth-order valence-corrected chi connectivity index (χ4v) is 2.78. The van der Waals surface area contributed by atoms with Gasteiger partial charge in [0.2, 0.25) is 0 Å². The van der Waals surface area contributed by atoms with E-state index in [4.69, 9.17) is 0 Å². The highest BCUT2D eigenvalue weighted by molar-refractivity contribution is 5.72. The second kappa shape index (κ2) is 5.54. The van der Waals surface area contributed by atoms with Crippen LogP contribution >= 0.6 is 0 Å². The quantitative estimate of drug-likeness (QED) is 0.719. The first-order valence-corrected chi connectivity index (χ1v) is 7.31.